The molecule has 1 heterocycles. The van der Waals surface area contributed by atoms with Crippen LogP contribution in [0.15, 0.2) is 23.2 Å². The van der Waals surface area contributed by atoms with E-state index in [0.717, 1.165) is 37.7 Å². The van der Waals surface area contributed by atoms with Crippen LogP contribution in [-0.2, 0) is 27.9 Å². The van der Waals surface area contributed by atoms with Gasteiger partial charge in [-0.25, -0.2) is 4.99 Å². The third kappa shape index (κ3) is 2.96. The van der Waals surface area contributed by atoms with Crippen LogP contribution in [0.5, 0.6) is 0 Å². The van der Waals surface area contributed by atoms with Crippen molar-refractivity contribution in [3.63, 3.8) is 0 Å². The number of fused-ring (bicyclic) bond motifs is 3. The van der Waals surface area contributed by atoms with E-state index in [1.807, 2.05) is 0 Å². The molecule has 28 heavy (non-hydrogen) atoms. The van der Waals surface area contributed by atoms with Crippen LogP contribution in [0.2, 0.25) is 0 Å². The molecule has 1 aromatic carbocycles. The second-order valence-electron chi connectivity index (χ2n) is 9.81. The van der Waals surface area contributed by atoms with Gasteiger partial charge in [0.2, 0.25) is 0 Å². The van der Waals surface area contributed by atoms with Crippen LogP contribution >= 0.6 is 0 Å². The first kappa shape index (κ1) is 17.3. The largest absolute Gasteiger partial charge is 0.462 e. The van der Waals surface area contributed by atoms with Gasteiger partial charge in [0, 0.05) is 12.5 Å². The van der Waals surface area contributed by atoms with E-state index in [-0.39, 0.29) is 17.5 Å². The zero-order chi connectivity index (χ0) is 21.9. The van der Waals surface area contributed by atoms with Crippen molar-refractivity contribution in [1.29, 1.82) is 0 Å². The van der Waals surface area contributed by atoms with Crippen LogP contribution in [0.1, 0.15) is 66.4 Å². The second-order valence-corrected chi connectivity index (χ2v) is 9.81. The zero-order valence-electron chi connectivity index (χ0n) is 19.9. The molecule has 4 heteroatoms. The lowest BCUT2D eigenvalue weighted by Gasteiger charge is -2.50. The minimum absolute atomic E-state index is 0.0334. The van der Waals surface area contributed by atoms with Crippen molar-refractivity contribution >= 4 is 6.02 Å². The summed E-state index contributed by atoms with van der Waals surface area (Å²) in [4.78, 5) is 4.80. The normalized spacial score (nSPS) is 39.6. The van der Waals surface area contributed by atoms with Crippen molar-refractivity contribution in [3.8, 4) is 0 Å². The number of benzene rings is 1. The minimum atomic E-state index is -1.97. The molecule has 154 valence electrons. The van der Waals surface area contributed by atoms with Crippen molar-refractivity contribution in [2.24, 2.45) is 33.9 Å². The van der Waals surface area contributed by atoms with Gasteiger partial charge in [-0.05, 0) is 66.5 Å². The molecule has 0 aromatic heterocycles. The average Bonchev–Trinajstić information content (AvgIpc) is 3.04. The molecule has 0 bridgehead atoms. The van der Waals surface area contributed by atoms with E-state index < -0.39 is 12.1 Å². The van der Waals surface area contributed by atoms with Gasteiger partial charge >= 0.3 is 0 Å². The first-order valence-electron chi connectivity index (χ1n) is 11.7. The smallest absolute Gasteiger partial charge is 0.283 e. The summed E-state index contributed by atoms with van der Waals surface area (Å²) in [6.45, 7) is 6.92. The van der Waals surface area contributed by atoms with Gasteiger partial charge in [-0.15, -0.1) is 0 Å². The fraction of sp³-hybridized carbons (Fsp3) is 0.708. The number of aryl methyl sites for hydroxylation is 1. The van der Waals surface area contributed by atoms with Crippen molar-refractivity contribution in [3.05, 3.63) is 34.9 Å². The maximum absolute atomic E-state index is 8.94. The zero-order valence-corrected chi connectivity index (χ0v) is 17.9. The highest BCUT2D eigenvalue weighted by Gasteiger charge is 2.63. The van der Waals surface area contributed by atoms with Crippen LogP contribution in [0.4, 0.5) is 0 Å². The van der Waals surface area contributed by atoms with Crippen molar-refractivity contribution in [2.45, 2.75) is 71.4 Å². The summed E-state index contributed by atoms with van der Waals surface area (Å²) >= 11 is 0. The van der Waals surface area contributed by atoms with Crippen molar-refractivity contribution in [1.82, 2.24) is 0 Å². The third-order valence-electron chi connectivity index (χ3n) is 7.27. The van der Waals surface area contributed by atoms with Crippen LogP contribution in [0.3, 0.4) is 0 Å². The Kier molecular flexibility index (Phi) is 4.36. The Morgan fingerprint density at radius 2 is 2.04 bits per heavy atom. The summed E-state index contributed by atoms with van der Waals surface area (Å²) in [7, 11) is 1.78. The van der Waals surface area contributed by atoms with Gasteiger partial charge in [-0.1, -0.05) is 45.9 Å². The van der Waals surface area contributed by atoms with Crippen LogP contribution < -0.4 is 5.73 Å². The van der Waals surface area contributed by atoms with Crippen LogP contribution in [0.25, 0.3) is 0 Å². The van der Waals surface area contributed by atoms with Gasteiger partial charge in [0.1, 0.15) is 12.1 Å². The minimum Gasteiger partial charge on any atom is -0.462 e. The Labute approximate surface area is 172 Å². The van der Waals surface area contributed by atoms with Crippen molar-refractivity contribution < 1.29 is 12.2 Å². The molecule has 2 N–H and O–H groups in total. The molecule has 1 fully saturated rings. The lowest BCUT2D eigenvalue weighted by molar-refractivity contribution is -0.0779. The number of hydrogen-bond acceptors (Lipinski definition) is 4. The maximum Gasteiger partial charge on any atom is 0.283 e. The SMILES string of the molecule is [2H]C1([2H])OC(N)=NC12c1cc(CCC(C)C)ccc1CC21C[C@@H](C)C(OC)[C@@H](C)C1. The fourth-order valence-electron chi connectivity index (χ4n) is 6.20. The van der Waals surface area contributed by atoms with Crippen LogP contribution in [0, 0.1) is 23.2 Å². The first-order valence-corrected chi connectivity index (χ1v) is 10.7. The quantitative estimate of drug-likeness (QED) is 0.832. The van der Waals surface area contributed by atoms with E-state index >= 15 is 0 Å². The predicted octanol–water partition coefficient (Wildman–Crippen LogP) is 4.44. The highest BCUT2D eigenvalue weighted by molar-refractivity contribution is 5.75. The van der Waals surface area contributed by atoms with E-state index in [4.69, 9.17) is 22.9 Å². The van der Waals surface area contributed by atoms with E-state index in [0.29, 0.717) is 17.8 Å². The third-order valence-corrected chi connectivity index (χ3v) is 7.27. The molecular formula is C24H36N2O2. The molecule has 0 saturated heterocycles. The summed E-state index contributed by atoms with van der Waals surface area (Å²) in [6, 6.07) is 6.56. The molecule has 1 aromatic rings. The Hall–Kier alpha value is -1.55. The number of amidine groups is 1. The summed E-state index contributed by atoms with van der Waals surface area (Å²) in [5, 5.41) is 0. The van der Waals surface area contributed by atoms with E-state index in [1.54, 1.807) is 7.11 Å². The molecular weight excluding hydrogens is 348 g/mol. The molecule has 3 aliphatic rings. The number of aliphatic imine (C=N–C) groups is 1. The highest BCUT2D eigenvalue weighted by Crippen LogP contribution is 2.63. The number of nitrogens with zero attached hydrogens (tertiary/aromatic N) is 1. The van der Waals surface area contributed by atoms with Crippen molar-refractivity contribution in [2.75, 3.05) is 13.7 Å². The van der Waals surface area contributed by atoms with Gasteiger partial charge in [-0.3, -0.25) is 0 Å². The molecule has 3 unspecified atom stereocenters. The summed E-state index contributed by atoms with van der Waals surface area (Å²) < 4.78 is 29.3. The predicted molar refractivity (Wildman–Crippen MR) is 113 cm³/mol. The number of hydrogen-bond donors (Lipinski definition) is 1. The molecule has 1 saturated carbocycles. The standard InChI is InChI=1S/C24H36N2O2/c1-15(2)6-7-18-8-9-19-13-23(11-16(3)21(27-5)17(4)12-23)24(20(19)10-18)14-28-22(25)26-24/h8-10,15-17,21H,6-7,11-14H2,1-5H3,(H2,25,26)/t16-,17+,21?,23?,24?/i14D2. The topological polar surface area (TPSA) is 56.8 Å². The number of ether oxygens (including phenoxy) is 2. The van der Waals surface area contributed by atoms with E-state index in [1.165, 1.54) is 11.1 Å². The van der Waals surface area contributed by atoms with Gasteiger partial charge < -0.3 is 15.2 Å². The first-order chi connectivity index (χ1) is 14.0. The Balaban J connectivity index is 1.85. The molecule has 1 aliphatic heterocycles. The lowest BCUT2D eigenvalue weighted by atomic mass is 9.57. The Bertz CT molecular complexity index is 842. The maximum atomic E-state index is 8.94. The molecule has 4 nitrogen and oxygen atoms in total. The van der Waals surface area contributed by atoms with E-state index in [9.17, 15) is 0 Å². The molecule has 2 aliphatic carbocycles. The van der Waals surface area contributed by atoms with Gasteiger partial charge in [-0.2, -0.15) is 0 Å². The highest BCUT2D eigenvalue weighted by atomic mass is 16.5. The monoisotopic (exact) mass is 386 g/mol. The fourth-order valence-corrected chi connectivity index (χ4v) is 6.20. The Morgan fingerprint density at radius 1 is 1.32 bits per heavy atom. The summed E-state index contributed by atoms with van der Waals surface area (Å²) in [5.74, 6) is 1.23. The molecule has 0 amide bonds. The van der Waals surface area contributed by atoms with Gasteiger partial charge in [0.25, 0.3) is 6.02 Å². The molecule has 0 radical (unpaired) electrons. The second kappa shape index (κ2) is 7.05. The number of rotatable bonds is 4. The average molecular weight is 387 g/mol. The molecule has 4 rings (SSSR count). The lowest BCUT2D eigenvalue weighted by Crippen LogP contribution is -2.51. The summed E-state index contributed by atoms with van der Waals surface area (Å²) in [6.07, 6.45) is 4.74. The van der Waals surface area contributed by atoms with E-state index in [2.05, 4.69) is 45.9 Å². The van der Waals surface area contributed by atoms with Gasteiger partial charge in [0.15, 0.2) is 0 Å². The Morgan fingerprint density at radius 3 is 2.61 bits per heavy atom. The van der Waals surface area contributed by atoms with Crippen LogP contribution in [-0.4, -0.2) is 25.8 Å². The summed E-state index contributed by atoms with van der Waals surface area (Å²) in [5.41, 5.74) is 7.96. The number of nitrogens with two attached hydrogens (primary N) is 1. The molecule has 2 spiro atoms. The number of methoxy groups -OCH3 is 1. The molecule has 5 atom stereocenters. The van der Waals surface area contributed by atoms with Gasteiger partial charge in [0.05, 0.1) is 8.85 Å².